The second-order valence-corrected chi connectivity index (χ2v) is 5.12. The van der Waals surface area contributed by atoms with E-state index in [1.54, 1.807) is 31.4 Å². The number of hydrogen-bond donors (Lipinski definition) is 3. The second-order valence-electron chi connectivity index (χ2n) is 5.12. The molecule has 0 atom stereocenters. The average Bonchev–Trinajstić information content (AvgIpc) is 2.55. The molecule has 116 valence electrons. The Morgan fingerprint density at radius 2 is 1.91 bits per heavy atom. The molecule has 3 rings (SSSR count). The molecule has 4 N–H and O–H groups in total. The molecule has 0 spiro atoms. The molecule has 1 aromatic heterocycles. The topological polar surface area (TPSA) is 96.3 Å². The van der Waals surface area contributed by atoms with Crippen molar-refractivity contribution in [2.45, 2.75) is 0 Å². The minimum absolute atomic E-state index is 0.230. The number of hydrogen-bond acceptors (Lipinski definition) is 6. The Morgan fingerprint density at radius 1 is 1.23 bits per heavy atom. The number of nitrogens with two attached hydrogens (primary N) is 1. The maximum absolute atomic E-state index is 12.4. The van der Waals surface area contributed by atoms with Gasteiger partial charge in [-0.15, -0.1) is 0 Å². The number of nitrogens with one attached hydrogen (secondary N) is 2. The highest BCUT2D eigenvalue weighted by molar-refractivity contribution is 5.74. The summed E-state index contributed by atoms with van der Waals surface area (Å²) in [5.41, 5.74) is 6.91. The van der Waals surface area contributed by atoms with Crippen molar-refractivity contribution in [3.05, 3.63) is 34.6 Å². The molecule has 1 aliphatic rings. The number of aromatic nitrogens is 2. The third-order valence-corrected chi connectivity index (χ3v) is 3.73. The third kappa shape index (κ3) is 2.75. The molecule has 7 heteroatoms. The molecule has 0 unspecified atom stereocenters. The maximum atomic E-state index is 12.4. The van der Waals surface area contributed by atoms with E-state index in [9.17, 15) is 4.79 Å². The van der Waals surface area contributed by atoms with E-state index < -0.39 is 0 Å². The van der Waals surface area contributed by atoms with Gasteiger partial charge in [-0.2, -0.15) is 4.98 Å². The number of anilines is 2. The van der Waals surface area contributed by atoms with Crippen LogP contribution in [0.15, 0.2) is 29.1 Å². The zero-order valence-electron chi connectivity index (χ0n) is 12.4. The summed E-state index contributed by atoms with van der Waals surface area (Å²) in [5, 5.41) is 3.26. The lowest BCUT2D eigenvalue weighted by atomic mass is 10.1. The van der Waals surface area contributed by atoms with Gasteiger partial charge >= 0.3 is 0 Å². The normalized spacial score (nSPS) is 14.9. The van der Waals surface area contributed by atoms with Crippen molar-refractivity contribution in [1.82, 2.24) is 15.3 Å². The quantitative estimate of drug-likeness (QED) is 0.761. The zero-order valence-corrected chi connectivity index (χ0v) is 12.4. The summed E-state index contributed by atoms with van der Waals surface area (Å²) in [4.78, 5) is 21.6. The molecule has 0 amide bonds. The van der Waals surface area contributed by atoms with E-state index >= 15 is 0 Å². The average molecular weight is 301 g/mol. The highest BCUT2D eigenvalue weighted by Crippen LogP contribution is 2.24. The Kier molecular flexibility index (Phi) is 3.97. The fourth-order valence-electron chi connectivity index (χ4n) is 2.54. The minimum Gasteiger partial charge on any atom is -0.497 e. The molecular weight excluding hydrogens is 282 g/mol. The molecule has 0 saturated carbocycles. The largest absolute Gasteiger partial charge is 0.497 e. The lowest BCUT2D eigenvalue weighted by molar-refractivity contribution is 0.415. The Morgan fingerprint density at radius 3 is 2.50 bits per heavy atom. The molecule has 2 heterocycles. The van der Waals surface area contributed by atoms with Crippen molar-refractivity contribution < 1.29 is 4.74 Å². The highest BCUT2D eigenvalue weighted by atomic mass is 16.5. The molecule has 22 heavy (non-hydrogen) atoms. The first kappa shape index (κ1) is 14.4. The number of benzene rings is 1. The Labute approximate surface area is 128 Å². The first-order valence-electron chi connectivity index (χ1n) is 7.19. The molecule has 1 saturated heterocycles. The maximum Gasteiger partial charge on any atom is 0.262 e. The van der Waals surface area contributed by atoms with E-state index in [1.807, 2.05) is 4.90 Å². The standard InChI is InChI=1S/C15H19N5O2/c1-22-11-4-2-10(3-5-11)12-13(16)18-15(19-14(12)21)20-8-6-17-7-9-20/h2-5,17H,6-9H2,1H3,(H3,16,18,19,21). The van der Waals surface area contributed by atoms with E-state index in [2.05, 4.69) is 15.3 Å². The van der Waals surface area contributed by atoms with Crippen LogP contribution in [-0.2, 0) is 0 Å². The number of H-pyrrole nitrogens is 1. The predicted molar refractivity (Wildman–Crippen MR) is 86.3 cm³/mol. The number of aromatic amines is 1. The molecule has 0 radical (unpaired) electrons. The van der Waals surface area contributed by atoms with Crippen LogP contribution in [0.25, 0.3) is 11.1 Å². The molecule has 1 aliphatic heterocycles. The molecular formula is C15H19N5O2. The van der Waals surface area contributed by atoms with Crippen molar-refractivity contribution in [3.8, 4) is 16.9 Å². The van der Waals surface area contributed by atoms with Gasteiger partial charge in [0.15, 0.2) is 0 Å². The first-order valence-corrected chi connectivity index (χ1v) is 7.19. The lowest BCUT2D eigenvalue weighted by Crippen LogP contribution is -2.44. The SMILES string of the molecule is COc1ccc(-c2c(N)nc(N3CCNCC3)[nH]c2=O)cc1. The summed E-state index contributed by atoms with van der Waals surface area (Å²) in [5.74, 6) is 1.49. The van der Waals surface area contributed by atoms with Crippen LogP contribution in [0.2, 0.25) is 0 Å². The number of piperazine rings is 1. The van der Waals surface area contributed by atoms with Crippen LogP contribution >= 0.6 is 0 Å². The molecule has 7 nitrogen and oxygen atoms in total. The number of rotatable bonds is 3. The fraction of sp³-hybridized carbons (Fsp3) is 0.333. The monoisotopic (exact) mass is 301 g/mol. The van der Waals surface area contributed by atoms with Crippen molar-refractivity contribution in [1.29, 1.82) is 0 Å². The molecule has 2 aromatic rings. The summed E-state index contributed by atoms with van der Waals surface area (Å²) in [6, 6.07) is 7.18. The number of nitrogen functional groups attached to an aromatic ring is 1. The molecule has 1 aromatic carbocycles. The minimum atomic E-state index is -0.230. The van der Waals surface area contributed by atoms with Crippen LogP contribution in [0.4, 0.5) is 11.8 Å². The van der Waals surface area contributed by atoms with E-state index in [0.717, 1.165) is 37.5 Å². The van der Waals surface area contributed by atoms with Gasteiger partial charge in [0.05, 0.1) is 12.7 Å². The number of methoxy groups -OCH3 is 1. The summed E-state index contributed by atoms with van der Waals surface area (Å²) >= 11 is 0. The summed E-state index contributed by atoms with van der Waals surface area (Å²) in [7, 11) is 1.60. The van der Waals surface area contributed by atoms with Crippen LogP contribution < -0.4 is 26.2 Å². The van der Waals surface area contributed by atoms with Crippen molar-refractivity contribution in [3.63, 3.8) is 0 Å². The van der Waals surface area contributed by atoms with Gasteiger partial charge in [0.2, 0.25) is 5.95 Å². The smallest absolute Gasteiger partial charge is 0.262 e. The van der Waals surface area contributed by atoms with Gasteiger partial charge in [-0.3, -0.25) is 9.78 Å². The van der Waals surface area contributed by atoms with Crippen LogP contribution in [0.3, 0.4) is 0 Å². The molecule has 0 aliphatic carbocycles. The van der Waals surface area contributed by atoms with E-state index in [-0.39, 0.29) is 11.4 Å². The van der Waals surface area contributed by atoms with Crippen molar-refractivity contribution in [2.75, 3.05) is 43.9 Å². The van der Waals surface area contributed by atoms with Crippen LogP contribution in [-0.4, -0.2) is 43.3 Å². The van der Waals surface area contributed by atoms with E-state index in [1.165, 1.54) is 0 Å². The van der Waals surface area contributed by atoms with Gasteiger partial charge in [0.25, 0.3) is 5.56 Å². The Bertz CT molecular complexity index is 705. The molecule has 0 bridgehead atoms. The van der Waals surface area contributed by atoms with Gasteiger partial charge in [-0.1, -0.05) is 12.1 Å². The predicted octanol–water partition coefficient (Wildman–Crippen LogP) is 0.437. The van der Waals surface area contributed by atoms with Gasteiger partial charge in [0.1, 0.15) is 11.6 Å². The van der Waals surface area contributed by atoms with Crippen molar-refractivity contribution in [2.24, 2.45) is 0 Å². The number of nitrogens with zero attached hydrogens (tertiary/aromatic N) is 2. The van der Waals surface area contributed by atoms with Gasteiger partial charge in [0, 0.05) is 26.2 Å². The van der Waals surface area contributed by atoms with Crippen molar-refractivity contribution >= 4 is 11.8 Å². The third-order valence-electron chi connectivity index (χ3n) is 3.73. The fourth-order valence-corrected chi connectivity index (χ4v) is 2.54. The van der Waals surface area contributed by atoms with Gasteiger partial charge < -0.3 is 20.7 Å². The zero-order chi connectivity index (χ0) is 15.5. The second kappa shape index (κ2) is 6.07. The summed E-state index contributed by atoms with van der Waals surface area (Å²) in [6.07, 6.45) is 0. The van der Waals surface area contributed by atoms with Crippen LogP contribution in [0.1, 0.15) is 0 Å². The summed E-state index contributed by atoms with van der Waals surface area (Å²) < 4.78 is 5.12. The molecule has 1 fully saturated rings. The van der Waals surface area contributed by atoms with Crippen LogP contribution in [0.5, 0.6) is 5.75 Å². The lowest BCUT2D eigenvalue weighted by Gasteiger charge is -2.28. The summed E-state index contributed by atoms with van der Waals surface area (Å²) in [6.45, 7) is 3.32. The van der Waals surface area contributed by atoms with E-state index in [0.29, 0.717) is 11.5 Å². The van der Waals surface area contributed by atoms with E-state index in [4.69, 9.17) is 10.5 Å². The Hall–Kier alpha value is -2.54. The highest BCUT2D eigenvalue weighted by Gasteiger charge is 2.17. The number of ether oxygens (including phenoxy) is 1. The van der Waals surface area contributed by atoms with Gasteiger partial charge in [-0.25, -0.2) is 0 Å². The van der Waals surface area contributed by atoms with Crippen LogP contribution in [0, 0.1) is 0 Å². The Balaban J connectivity index is 1.96. The first-order chi connectivity index (χ1) is 10.7. The van der Waals surface area contributed by atoms with Gasteiger partial charge in [-0.05, 0) is 17.7 Å².